The maximum atomic E-state index is 15.1. The highest BCUT2D eigenvalue weighted by molar-refractivity contribution is 5.84. The molecule has 0 amide bonds. The molecule has 3 aromatic rings. The molecule has 0 saturated carbocycles. The third-order valence-corrected chi connectivity index (χ3v) is 6.37. The van der Waals surface area contributed by atoms with E-state index in [1.54, 1.807) is 19.2 Å². The first-order valence-corrected chi connectivity index (χ1v) is 11.7. The quantitative estimate of drug-likeness (QED) is 0.405. The van der Waals surface area contributed by atoms with Gasteiger partial charge in [0.1, 0.15) is 17.7 Å². The number of hydrogen-bond donors (Lipinski definition) is 0. The molecule has 178 valence electrons. The number of benzene rings is 3. The summed E-state index contributed by atoms with van der Waals surface area (Å²) in [6.07, 6.45) is 3.22. The smallest absolute Gasteiger partial charge is 0.157 e. The van der Waals surface area contributed by atoms with Crippen molar-refractivity contribution in [3.8, 4) is 6.07 Å². The summed E-state index contributed by atoms with van der Waals surface area (Å²) in [7, 11) is 1.70. The first kappa shape index (κ1) is 24.3. The van der Waals surface area contributed by atoms with E-state index in [-0.39, 0.29) is 17.7 Å². The fourth-order valence-corrected chi connectivity index (χ4v) is 4.30. The molecule has 1 fully saturated rings. The zero-order chi connectivity index (χ0) is 23.9. The second-order valence-corrected chi connectivity index (χ2v) is 8.80. The Kier molecular flexibility index (Phi) is 8.23. The normalized spacial score (nSPS) is 18.2. The van der Waals surface area contributed by atoms with Crippen molar-refractivity contribution >= 4 is 10.8 Å². The summed E-state index contributed by atoms with van der Waals surface area (Å²) < 4.78 is 45.8. The van der Waals surface area contributed by atoms with Gasteiger partial charge in [0.25, 0.3) is 0 Å². The Bertz CT molecular complexity index is 1170. The van der Waals surface area contributed by atoms with Gasteiger partial charge < -0.3 is 14.2 Å². The zero-order valence-corrected chi connectivity index (χ0v) is 19.4. The van der Waals surface area contributed by atoms with E-state index in [0.717, 1.165) is 35.8 Å². The van der Waals surface area contributed by atoms with Crippen LogP contribution in [0.25, 0.3) is 10.8 Å². The fraction of sp³-hybridized carbons (Fsp3) is 0.393. The summed E-state index contributed by atoms with van der Waals surface area (Å²) in [5.74, 6) is -0.398. The van der Waals surface area contributed by atoms with Gasteiger partial charge in [-0.05, 0) is 59.9 Å². The van der Waals surface area contributed by atoms with Crippen molar-refractivity contribution in [3.63, 3.8) is 0 Å². The predicted octanol–water partition coefficient (Wildman–Crippen LogP) is 5.73. The second-order valence-electron chi connectivity index (χ2n) is 8.80. The Morgan fingerprint density at radius 3 is 2.44 bits per heavy atom. The van der Waals surface area contributed by atoms with Crippen LogP contribution in [0.5, 0.6) is 0 Å². The van der Waals surface area contributed by atoms with Gasteiger partial charge in [-0.1, -0.05) is 36.4 Å². The van der Waals surface area contributed by atoms with Crippen molar-refractivity contribution in [1.29, 1.82) is 5.26 Å². The molecule has 0 aromatic heterocycles. The molecule has 0 N–H and O–H groups in total. The number of aryl methyl sites for hydroxylation is 3. The van der Waals surface area contributed by atoms with Crippen LogP contribution in [0, 0.1) is 28.9 Å². The topological polar surface area (TPSA) is 51.5 Å². The summed E-state index contributed by atoms with van der Waals surface area (Å²) in [5.41, 5.74) is 2.46. The van der Waals surface area contributed by atoms with E-state index in [2.05, 4.69) is 0 Å². The number of ether oxygens (including phenoxy) is 3. The maximum Gasteiger partial charge on any atom is 0.157 e. The van der Waals surface area contributed by atoms with Crippen LogP contribution < -0.4 is 0 Å². The van der Waals surface area contributed by atoms with Crippen LogP contribution >= 0.6 is 0 Å². The molecule has 1 saturated heterocycles. The minimum absolute atomic E-state index is 0.0179. The molecule has 4 rings (SSSR count). The highest BCUT2D eigenvalue weighted by Crippen LogP contribution is 2.25. The van der Waals surface area contributed by atoms with Crippen LogP contribution in [0.3, 0.4) is 0 Å². The molecule has 0 aliphatic carbocycles. The molecule has 0 unspecified atom stereocenters. The van der Waals surface area contributed by atoms with E-state index in [0.29, 0.717) is 49.5 Å². The molecular formula is C28H29F2NO3. The SMILES string of the molecule is COCCC1COC(CCc2ccc3c(F)c(CCc4ccc(C#N)c(F)c4)ccc3c2)OC1. The van der Waals surface area contributed by atoms with Crippen LogP contribution in [0.4, 0.5) is 8.78 Å². The molecule has 1 aliphatic heterocycles. The highest BCUT2D eigenvalue weighted by Gasteiger charge is 2.22. The first-order valence-electron chi connectivity index (χ1n) is 11.7. The van der Waals surface area contributed by atoms with E-state index >= 15 is 4.39 Å². The first-order chi connectivity index (χ1) is 16.6. The molecule has 6 heteroatoms. The fourth-order valence-electron chi connectivity index (χ4n) is 4.30. The van der Waals surface area contributed by atoms with Crippen molar-refractivity contribution < 1.29 is 23.0 Å². The van der Waals surface area contributed by atoms with E-state index in [9.17, 15) is 4.39 Å². The van der Waals surface area contributed by atoms with E-state index in [4.69, 9.17) is 19.5 Å². The van der Waals surface area contributed by atoms with Gasteiger partial charge in [-0.2, -0.15) is 5.26 Å². The Labute approximate surface area is 199 Å². The van der Waals surface area contributed by atoms with Gasteiger partial charge >= 0.3 is 0 Å². The monoisotopic (exact) mass is 465 g/mol. The van der Waals surface area contributed by atoms with Gasteiger partial charge in [-0.3, -0.25) is 0 Å². The number of nitriles is 1. The van der Waals surface area contributed by atoms with Crippen molar-refractivity contribution in [3.05, 3.63) is 82.4 Å². The molecule has 1 aliphatic rings. The second kappa shape index (κ2) is 11.5. The number of nitrogens with zero attached hydrogens (tertiary/aromatic N) is 1. The number of rotatable bonds is 9. The van der Waals surface area contributed by atoms with Crippen LogP contribution in [0.1, 0.15) is 35.1 Å². The minimum Gasteiger partial charge on any atom is -0.385 e. The third-order valence-electron chi connectivity index (χ3n) is 6.37. The van der Waals surface area contributed by atoms with E-state index < -0.39 is 5.82 Å². The zero-order valence-electron chi connectivity index (χ0n) is 19.4. The summed E-state index contributed by atoms with van der Waals surface area (Å²) in [5, 5.41) is 10.3. The van der Waals surface area contributed by atoms with Crippen molar-refractivity contribution in [2.45, 2.75) is 38.4 Å². The van der Waals surface area contributed by atoms with Gasteiger partial charge in [0, 0.05) is 31.4 Å². The number of fused-ring (bicyclic) bond motifs is 1. The lowest BCUT2D eigenvalue weighted by atomic mass is 9.97. The van der Waals surface area contributed by atoms with Crippen LogP contribution in [-0.2, 0) is 33.5 Å². The predicted molar refractivity (Wildman–Crippen MR) is 126 cm³/mol. The largest absolute Gasteiger partial charge is 0.385 e. The molecule has 0 spiro atoms. The summed E-state index contributed by atoms with van der Waals surface area (Å²) in [4.78, 5) is 0. The van der Waals surface area contributed by atoms with Gasteiger partial charge in [0.05, 0.1) is 18.8 Å². The maximum absolute atomic E-state index is 15.1. The van der Waals surface area contributed by atoms with Crippen molar-refractivity contribution in [2.75, 3.05) is 26.9 Å². The number of methoxy groups -OCH3 is 1. The average Bonchev–Trinajstić information content (AvgIpc) is 2.86. The molecule has 3 aromatic carbocycles. The lowest BCUT2D eigenvalue weighted by Crippen LogP contribution is -2.32. The van der Waals surface area contributed by atoms with E-state index in [1.165, 1.54) is 12.1 Å². The number of hydrogen-bond acceptors (Lipinski definition) is 4. The minimum atomic E-state index is -0.540. The van der Waals surface area contributed by atoms with Gasteiger partial charge in [0.15, 0.2) is 6.29 Å². The summed E-state index contributed by atoms with van der Waals surface area (Å²) in [6.45, 7) is 2.09. The molecule has 0 atom stereocenters. The van der Waals surface area contributed by atoms with Gasteiger partial charge in [0.2, 0.25) is 0 Å². The molecule has 34 heavy (non-hydrogen) atoms. The van der Waals surface area contributed by atoms with Gasteiger partial charge in [-0.25, -0.2) is 8.78 Å². The standard InChI is InChI=1S/C28H29F2NO3/c1-32-13-12-21-17-33-27(34-18-21)11-5-19-4-10-25-23(14-19)9-8-22(28(25)30)6-2-20-3-7-24(16-31)26(29)15-20/h3-4,7-10,14-15,21,27H,2,5-6,11-13,17-18H2,1H3. The Hall–Kier alpha value is -2.85. The van der Waals surface area contributed by atoms with Crippen LogP contribution in [0.15, 0.2) is 48.5 Å². The van der Waals surface area contributed by atoms with Crippen molar-refractivity contribution in [2.24, 2.45) is 5.92 Å². The Balaban J connectivity index is 1.34. The lowest BCUT2D eigenvalue weighted by molar-refractivity contribution is -0.204. The summed E-state index contributed by atoms with van der Waals surface area (Å²) in [6, 6.07) is 15.9. The molecule has 1 heterocycles. The average molecular weight is 466 g/mol. The Morgan fingerprint density at radius 1 is 0.941 bits per heavy atom. The van der Waals surface area contributed by atoms with Crippen LogP contribution in [-0.4, -0.2) is 33.2 Å². The molecular weight excluding hydrogens is 436 g/mol. The molecule has 4 nitrogen and oxygen atoms in total. The number of halogens is 2. The third kappa shape index (κ3) is 5.98. The highest BCUT2D eigenvalue weighted by atomic mass is 19.1. The molecule has 0 bridgehead atoms. The van der Waals surface area contributed by atoms with Gasteiger partial charge in [-0.15, -0.1) is 0 Å². The van der Waals surface area contributed by atoms with Crippen LogP contribution in [0.2, 0.25) is 0 Å². The lowest BCUT2D eigenvalue weighted by Gasteiger charge is -2.29. The Morgan fingerprint density at radius 2 is 1.71 bits per heavy atom. The van der Waals surface area contributed by atoms with Crippen molar-refractivity contribution in [1.82, 2.24) is 0 Å². The van der Waals surface area contributed by atoms with E-state index in [1.807, 2.05) is 30.3 Å². The summed E-state index contributed by atoms with van der Waals surface area (Å²) >= 11 is 0. The molecule has 0 radical (unpaired) electrons.